The fourth-order valence-corrected chi connectivity index (χ4v) is 1.34. The van der Waals surface area contributed by atoms with Gasteiger partial charge in [0.15, 0.2) is 5.69 Å². The zero-order valence-electron chi connectivity index (χ0n) is 8.00. The molecule has 1 heterocycles. The monoisotopic (exact) mass is 216 g/mol. The summed E-state index contributed by atoms with van der Waals surface area (Å²) in [6.07, 6.45) is -1.65. The number of aromatic carboxylic acids is 1. The van der Waals surface area contributed by atoms with E-state index in [1.165, 1.54) is 6.20 Å². The molecule has 0 aliphatic carbocycles. The number of hydrogen-bond donors (Lipinski definition) is 2. The average molecular weight is 216 g/mol. The van der Waals surface area contributed by atoms with Gasteiger partial charge in [-0.3, -0.25) is 0 Å². The molecule has 3 N–H and O–H groups in total. The molecule has 0 fully saturated rings. The summed E-state index contributed by atoms with van der Waals surface area (Å²) in [4.78, 5) is 14.1. The number of carboxylic acid groups (broad SMARTS) is 1. The molecule has 0 saturated carbocycles. The van der Waals surface area contributed by atoms with E-state index in [0.717, 1.165) is 0 Å². The number of rotatable bonds is 3. The minimum absolute atomic E-state index is 0.131. The minimum atomic E-state index is -2.89. The van der Waals surface area contributed by atoms with Crippen molar-refractivity contribution in [2.24, 2.45) is 5.73 Å². The van der Waals surface area contributed by atoms with Crippen LogP contribution >= 0.6 is 0 Å². The normalized spacial score (nSPS) is 10.7. The summed E-state index contributed by atoms with van der Waals surface area (Å²) in [5.74, 6) is -1.47. The third kappa shape index (κ3) is 2.10. The summed E-state index contributed by atoms with van der Waals surface area (Å²) in [6.45, 7) is 1.43. The quantitative estimate of drug-likeness (QED) is 0.802. The van der Waals surface area contributed by atoms with E-state index < -0.39 is 23.7 Å². The number of halogens is 2. The van der Waals surface area contributed by atoms with Crippen LogP contribution in [0.2, 0.25) is 0 Å². The van der Waals surface area contributed by atoms with Crippen LogP contribution in [-0.2, 0) is 6.54 Å². The lowest BCUT2D eigenvalue weighted by molar-refractivity contribution is 0.0676. The Hall–Kier alpha value is -1.56. The van der Waals surface area contributed by atoms with Gasteiger partial charge < -0.3 is 10.8 Å². The van der Waals surface area contributed by atoms with E-state index in [1.807, 2.05) is 0 Å². The predicted octanol–water partition coefficient (Wildman–Crippen LogP) is 1.48. The van der Waals surface area contributed by atoms with Crippen LogP contribution in [0.15, 0.2) is 6.20 Å². The summed E-state index contributed by atoms with van der Waals surface area (Å²) in [5, 5.41) is 8.69. The Morgan fingerprint density at radius 2 is 2.27 bits per heavy atom. The Bertz CT molecular complexity index is 394. The third-order valence-corrected chi connectivity index (χ3v) is 2.07. The zero-order valence-corrected chi connectivity index (χ0v) is 8.00. The lowest BCUT2D eigenvalue weighted by atomic mass is 10.0. The molecule has 0 radical (unpaired) electrons. The Kier molecular flexibility index (Phi) is 3.31. The molecule has 82 valence electrons. The van der Waals surface area contributed by atoms with Gasteiger partial charge in [0, 0.05) is 12.7 Å². The van der Waals surface area contributed by atoms with Gasteiger partial charge in [-0.1, -0.05) is 0 Å². The van der Waals surface area contributed by atoms with E-state index in [2.05, 4.69) is 4.98 Å². The van der Waals surface area contributed by atoms with Gasteiger partial charge in [-0.15, -0.1) is 0 Å². The first-order valence-corrected chi connectivity index (χ1v) is 4.19. The molecule has 0 spiro atoms. The standard InChI is InChI=1S/C9H10F2N2O2/c1-4-3-13-7(9(14)15)6(8(10)11)5(4)2-12/h3,8H,2,12H2,1H3,(H,14,15). The number of hydrogen-bond acceptors (Lipinski definition) is 3. The maximum Gasteiger partial charge on any atom is 0.355 e. The molecule has 0 atom stereocenters. The maximum absolute atomic E-state index is 12.7. The van der Waals surface area contributed by atoms with E-state index in [4.69, 9.17) is 10.8 Å². The van der Waals surface area contributed by atoms with E-state index in [-0.39, 0.29) is 12.1 Å². The first-order chi connectivity index (χ1) is 6.99. The van der Waals surface area contributed by atoms with Crippen molar-refractivity contribution in [3.63, 3.8) is 0 Å². The van der Waals surface area contributed by atoms with Gasteiger partial charge in [-0.25, -0.2) is 18.6 Å². The second kappa shape index (κ2) is 4.31. The average Bonchev–Trinajstić information content (AvgIpc) is 2.16. The first kappa shape index (κ1) is 11.5. The van der Waals surface area contributed by atoms with Crippen molar-refractivity contribution in [1.29, 1.82) is 0 Å². The molecular weight excluding hydrogens is 206 g/mol. The van der Waals surface area contributed by atoms with Crippen LogP contribution in [0.4, 0.5) is 8.78 Å². The molecule has 4 nitrogen and oxygen atoms in total. The molecule has 0 amide bonds. The highest BCUT2D eigenvalue weighted by Crippen LogP contribution is 2.27. The lowest BCUT2D eigenvalue weighted by Gasteiger charge is -2.12. The molecule has 1 aromatic rings. The molecule has 0 aliphatic rings. The molecule has 6 heteroatoms. The zero-order chi connectivity index (χ0) is 11.6. The first-order valence-electron chi connectivity index (χ1n) is 4.19. The maximum atomic E-state index is 12.7. The second-order valence-corrected chi connectivity index (χ2v) is 2.99. The highest BCUT2D eigenvalue weighted by atomic mass is 19.3. The van der Waals surface area contributed by atoms with Gasteiger partial charge in [0.25, 0.3) is 6.43 Å². The summed E-state index contributed by atoms with van der Waals surface area (Å²) >= 11 is 0. The van der Waals surface area contributed by atoms with Crippen LogP contribution in [0.5, 0.6) is 0 Å². The van der Waals surface area contributed by atoms with Crippen LogP contribution in [0.25, 0.3) is 0 Å². The van der Waals surface area contributed by atoms with E-state index in [0.29, 0.717) is 5.56 Å². The molecule has 0 saturated heterocycles. The topological polar surface area (TPSA) is 76.2 Å². The van der Waals surface area contributed by atoms with Crippen LogP contribution in [0, 0.1) is 6.92 Å². The van der Waals surface area contributed by atoms with Gasteiger partial charge in [0.05, 0.1) is 5.56 Å². The number of nitrogens with two attached hydrogens (primary N) is 1. The highest BCUT2D eigenvalue weighted by Gasteiger charge is 2.23. The van der Waals surface area contributed by atoms with Crippen LogP contribution in [0.3, 0.4) is 0 Å². The van der Waals surface area contributed by atoms with Gasteiger partial charge >= 0.3 is 5.97 Å². The SMILES string of the molecule is Cc1cnc(C(=O)O)c(C(F)F)c1CN. The lowest BCUT2D eigenvalue weighted by Crippen LogP contribution is -2.13. The Morgan fingerprint density at radius 1 is 1.67 bits per heavy atom. The number of nitrogens with zero attached hydrogens (tertiary/aromatic N) is 1. The highest BCUT2D eigenvalue weighted by molar-refractivity contribution is 5.87. The molecular formula is C9H10F2N2O2. The van der Waals surface area contributed by atoms with Gasteiger partial charge in [-0.2, -0.15) is 0 Å². The van der Waals surface area contributed by atoms with Crippen molar-refractivity contribution in [2.75, 3.05) is 0 Å². The Balaban J connectivity index is 3.49. The van der Waals surface area contributed by atoms with Gasteiger partial charge in [0.2, 0.25) is 0 Å². The fraction of sp³-hybridized carbons (Fsp3) is 0.333. The number of carboxylic acids is 1. The molecule has 0 unspecified atom stereocenters. The molecule has 1 rings (SSSR count). The summed E-state index contributed by atoms with van der Waals surface area (Å²) in [5.41, 5.74) is 4.72. The molecule has 1 aromatic heterocycles. The largest absolute Gasteiger partial charge is 0.476 e. The number of carbonyl (C=O) groups is 1. The van der Waals surface area contributed by atoms with Crippen molar-refractivity contribution in [3.8, 4) is 0 Å². The number of alkyl halides is 2. The second-order valence-electron chi connectivity index (χ2n) is 2.99. The smallest absolute Gasteiger partial charge is 0.355 e. The number of pyridine rings is 1. The minimum Gasteiger partial charge on any atom is -0.476 e. The van der Waals surface area contributed by atoms with Crippen LogP contribution < -0.4 is 5.73 Å². The third-order valence-electron chi connectivity index (χ3n) is 2.07. The molecule has 0 bridgehead atoms. The van der Waals surface area contributed by atoms with Crippen molar-refractivity contribution < 1.29 is 18.7 Å². The molecule has 0 aromatic carbocycles. The van der Waals surface area contributed by atoms with Crippen molar-refractivity contribution in [3.05, 3.63) is 28.6 Å². The van der Waals surface area contributed by atoms with Gasteiger partial charge in [-0.05, 0) is 18.1 Å². The van der Waals surface area contributed by atoms with Crippen LogP contribution in [0.1, 0.15) is 33.6 Å². The van der Waals surface area contributed by atoms with E-state index >= 15 is 0 Å². The van der Waals surface area contributed by atoms with Crippen LogP contribution in [-0.4, -0.2) is 16.1 Å². The van der Waals surface area contributed by atoms with Crippen molar-refractivity contribution in [1.82, 2.24) is 4.98 Å². The number of aryl methyl sites for hydroxylation is 1. The fourth-order valence-electron chi connectivity index (χ4n) is 1.34. The van der Waals surface area contributed by atoms with Crippen molar-refractivity contribution in [2.45, 2.75) is 19.9 Å². The van der Waals surface area contributed by atoms with Gasteiger partial charge in [0.1, 0.15) is 0 Å². The number of aromatic nitrogens is 1. The predicted molar refractivity (Wildman–Crippen MR) is 48.8 cm³/mol. The summed E-state index contributed by atoms with van der Waals surface area (Å²) < 4.78 is 25.3. The molecule has 0 aliphatic heterocycles. The summed E-state index contributed by atoms with van der Waals surface area (Å²) in [6, 6.07) is 0. The van der Waals surface area contributed by atoms with E-state index in [1.54, 1.807) is 6.92 Å². The summed E-state index contributed by atoms with van der Waals surface area (Å²) in [7, 11) is 0. The van der Waals surface area contributed by atoms with Crippen molar-refractivity contribution >= 4 is 5.97 Å². The Labute approximate surface area is 84.7 Å². The molecule has 15 heavy (non-hydrogen) atoms. The van der Waals surface area contributed by atoms with E-state index in [9.17, 15) is 13.6 Å². The Morgan fingerprint density at radius 3 is 2.67 bits per heavy atom.